The first kappa shape index (κ1) is 10.6. The Bertz CT molecular complexity index is 390. The maximum absolute atomic E-state index is 13.3. The molecule has 0 aliphatic heterocycles. The van der Waals surface area contributed by atoms with Crippen LogP contribution in [0.15, 0.2) is 22.7 Å². The highest BCUT2D eigenvalue weighted by Crippen LogP contribution is 2.28. The predicted molar refractivity (Wildman–Crippen MR) is 58.7 cm³/mol. The second kappa shape index (κ2) is 4.31. The number of halogens is 2. The van der Waals surface area contributed by atoms with Crippen molar-refractivity contribution in [3.63, 3.8) is 0 Å². The summed E-state index contributed by atoms with van der Waals surface area (Å²) in [5, 5.41) is 2.73. The van der Waals surface area contributed by atoms with E-state index in [2.05, 4.69) is 21.2 Å². The molecule has 1 aromatic rings. The molecule has 0 aromatic heterocycles. The van der Waals surface area contributed by atoms with E-state index in [0.29, 0.717) is 5.56 Å². The minimum atomic E-state index is -0.283. The van der Waals surface area contributed by atoms with Gasteiger partial charge in [0.25, 0.3) is 0 Å². The van der Waals surface area contributed by atoms with Crippen LogP contribution < -0.4 is 5.32 Å². The summed E-state index contributed by atoms with van der Waals surface area (Å²) in [6, 6.07) is 4.72. The minimum absolute atomic E-state index is 0.0365. The van der Waals surface area contributed by atoms with Gasteiger partial charge in [-0.3, -0.25) is 4.79 Å². The lowest BCUT2D eigenvalue weighted by molar-refractivity contribution is -0.122. The van der Waals surface area contributed by atoms with E-state index in [1.165, 1.54) is 6.07 Å². The molecule has 0 saturated heterocycles. The summed E-state index contributed by atoms with van der Waals surface area (Å²) in [7, 11) is 0. The summed E-state index contributed by atoms with van der Waals surface area (Å²) in [4.78, 5) is 11.3. The standard InChI is InChI=1S/C11H11BrFNO/c12-9-3-4-10(13)8(5-9)6-14-11(15)7-1-2-7/h3-5,7H,1-2,6H2,(H,14,15). The number of carbonyl (C=O) groups is 1. The number of hydrogen-bond donors (Lipinski definition) is 1. The Morgan fingerprint density at radius 2 is 2.27 bits per heavy atom. The lowest BCUT2D eigenvalue weighted by Gasteiger charge is -2.05. The van der Waals surface area contributed by atoms with Crippen LogP contribution in [-0.4, -0.2) is 5.91 Å². The molecular formula is C11H11BrFNO. The number of benzene rings is 1. The van der Waals surface area contributed by atoms with Gasteiger partial charge in [-0.25, -0.2) is 4.39 Å². The van der Waals surface area contributed by atoms with Gasteiger partial charge in [0.15, 0.2) is 0 Å². The first-order chi connectivity index (χ1) is 7.16. The van der Waals surface area contributed by atoms with Crippen LogP contribution >= 0.6 is 15.9 Å². The van der Waals surface area contributed by atoms with Gasteiger partial charge in [-0.15, -0.1) is 0 Å². The monoisotopic (exact) mass is 271 g/mol. The maximum atomic E-state index is 13.3. The van der Waals surface area contributed by atoms with Crippen molar-refractivity contribution in [2.24, 2.45) is 5.92 Å². The average molecular weight is 272 g/mol. The van der Waals surface area contributed by atoms with E-state index in [9.17, 15) is 9.18 Å². The number of carbonyl (C=O) groups excluding carboxylic acids is 1. The zero-order chi connectivity index (χ0) is 10.8. The highest BCUT2D eigenvalue weighted by Gasteiger charge is 2.29. The molecule has 1 N–H and O–H groups in total. The lowest BCUT2D eigenvalue weighted by atomic mass is 10.2. The molecule has 0 spiro atoms. The number of hydrogen-bond acceptors (Lipinski definition) is 1. The zero-order valence-corrected chi connectivity index (χ0v) is 9.68. The molecule has 80 valence electrons. The van der Waals surface area contributed by atoms with Crippen LogP contribution in [0.4, 0.5) is 4.39 Å². The second-order valence-electron chi connectivity index (χ2n) is 3.73. The fourth-order valence-corrected chi connectivity index (χ4v) is 1.76. The van der Waals surface area contributed by atoms with E-state index in [4.69, 9.17) is 0 Å². The van der Waals surface area contributed by atoms with Crippen molar-refractivity contribution in [3.8, 4) is 0 Å². The third kappa shape index (κ3) is 2.78. The fourth-order valence-electron chi connectivity index (χ4n) is 1.35. The largest absolute Gasteiger partial charge is 0.352 e. The average Bonchev–Trinajstić information content (AvgIpc) is 3.02. The van der Waals surface area contributed by atoms with Gasteiger partial charge in [-0.05, 0) is 31.0 Å². The molecule has 0 atom stereocenters. The first-order valence-corrected chi connectivity index (χ1v) is 5.68. The molecule has 1 aromatic carbocycles. The molecular weight excluding hydrogens is 261 g/mol. The van der Waals surface area contributed by atoms with Crippen molar-refractivity contribution in [1.82, 2.24) is 5.32 Å². The maximum Gasteiger partial charge on any atom is 0.223 e. The molecule has 0 radical (unpaired) electrons. The number of rotatable bonds is 3. The van der Waals surface area contributed by atoms with Gasteiger partial charge in [0, 0.05) is 22.5 Å². The van der Waals surface area contributed by atoms with Crippen molar-refractivity contribution in [3.05, 3.63) is 34.1 Å². The van der Waals surface area contributed by atoms with Gasteiger partial charge in [0.1, 0.15) is 5.82 Å². The molecule has 2 rings (SSSR count). The Morgan fingerprint density at radius 3 is 2.93 bits per heavy atom. The van der Waals surface area contributed by atoms with Gasteiger partial charge in [0.2, 0.25) is 5.91 Å². The highest BCUT2D eigenvalue weighted by molar-refractivity contribution is 9.10. The van der Waals surface area contributed by atoms with Crippen molar-refractivity contribution in [1.29, 1.82) is 0 Å². The molecule has 1 fully saturated rings. The third-order valence-corrected chi connectivity index (χ3v) is 2.90. The third-order valence-electron chi connectivity index (χ3n) is 2.41. The van der Waals surface area contributed by atoms with Gasteiger partial charge >= 0.3 is 0 Å². The van der Waals surface area contributed by atoms with Crippen molar-refractivity contribution in [2.75, 3.05) is 0 Å². The molecule has 1 amide bonds. The molecule has 1 aliphatic carbocycles. The van der Waals surface area contributed by atoms with Crippen LogP contribution in [0, 0.1) is 11.7 Å². The molecule has 1 aliphatic rings. The molecule has 1 saturated carbocycles. The molecule has 0 bridgehead atoms. The Labute approximate surface area is 96.0 Å². The first-order valence-electron chi connectivity index (χ1n) is 4.88. The zero-order valence-electron chi connectivity index (χ0n) is 8.09. The quantitative estimate of drug-likeness (QED) is 0.900. The summed E-state index contributed by atoms with van der Waals surface area (Å²) >= 11 is 3.27. The van der Waals surface area contributed by atoms with Gasteiger partial charge in [-0.2, -0.15) is 0 Å². The SMILES string of the molecule is O=C(NCc1cc(Br)ccc1F)C1CC1. The normalized spacial score (nSPS) is 15.1. The van der Waals surface area contributed by atoms with Crippen LogP contribution in [-0.2, 0) is 11.3 Å². The van der Waals surface area contributed by atoms with Crippen LogP contribution in [0.3, 0.4) is 0 Å². The van der Waals surface area contributed by atoms with Gasteiger partial charge < -0.3 is 5.32 Å². The van der Waals surface area contributed by atoms with Crippen LogP contribution in [0.25, 0.3) is 0 Å². The van der Waals surface area contributed by atoms with Crippen molar-refractivity contribution >= 4 is 21.8 Å². The summed E-state index contributed by atoms with van der Waals surface area (Å²) in [6.45, 7) is 0.264. The van der Waals surface area contributed by atoms with Gasteiger partial charge in [-0.1, -0.05) is 15.9 Å². The number of amides is 1. The van der Waals surface area contributed by atoms with E-state index in [-0.39, 0.29) is 24.2 Å². The molecule has 0 unspecified atom stereocenters. The topological polar surface area (TPSA) is 29.1 Å². The van der Waals surface area contributed by atoms with Crippen LogP contribution in [0.1, 0.15) is 18.4 Å². The van der Waals surface area contributed by atoms with E-state index < -0.39 is 0 Å². The predicted octanol–water partition coefficient (Wildman–Crippen LogP) is 2.61. The smallest absolute Gasteiger partial charge is 0.223 e. The molecule has 2 nitrogen and oxygen atoms in total. The number of nitrogens with one attached hydrogen (secondary N) is 1. The Hall–Kier alpha value is -0.900. The Balaban J connectivity index is 1.97. The van der Waals surface area contributed by atoms with Crippen molar-refractivity contribution < 1.29 is 9.18 Å². The van der Waals surface area contributed by atoms with Crippen LogP contribution in [0.2, 0.25) is 0 Å². The summed E-state index contributed by atoms with van der Waals surface area (Å²) in [5.74, 6) is -0.0797. The van der Waals surface area contributed by atoms with E-state index in [1.54, 1.807) is 12.1 Å². The van der Waals surface area contributed by atoms with Crippen molar-refractivity contribution in [2.45, 2.75) is 19.4 Å². The molecule has 4 heteroatoms. The fraction of sp³-hybridized carbons (Fsp3) is 0.364. The van der Waals surface area contributed by atoms with E-state index in [0.717, 1.165) is 17.3 Å². The summed E-state index contributed by atoms with van der Waals surface area (Å²) in [6.07, 6.45) is 1.93. The second-order valence-corrected chi connectivity index (χ2v) is 4.64. The molecule has 0 heterocycles. The van der Waals surface area contributed by atoms with E-state index in [1.807, 2.05) is 0 Å². The van der Waals surface area contributed by atoms with Gasteiger partial charge in [0.05, 0.1) is 0 Å². The summed E-state index contributed by atoms with van der Waals surface area (Å²) < 4.78 is 14.1. The minimum Gasteiger partial charge on any atom is -0.352 e. The highest BCUT2D eigenvalue weighted by atomic mass is 79.9. The Morgan fingerprint density at radius 1 is 1.53 bits per heavy atom. The Kier molecular flexibility index (Phi) is 3.05. The van der Waals surface area contributed by atoms with Crippen LogP contribution in [0.5, 0.6) is 0 Å². The molecule has 15 heavy (non-hydrogen) atoms. The summed E-state index contributed by atoms with van der Waals surface area (Å²) in [5.41, 5.74) is 0.512. The van der Waals surface area contributed by atoms with E-state index >= 15 is 0 Å². The lowest BCUT2D eigenvalue weighted by Crippen LogP contribution is -2.24.